The summed E-state index contributed by atoms with van der Waals surface area (Å²) in [5.74, 6) is 0. The van der Waals surface area contributed by atoms with Crippen LogP contribution in [-0.4, -0.2) is 9.97 Å². The van der Waals surface area contributed by atoms with Gasteiger partial charge in [-0.15, -0.1) is 0 Å². The fourth-order valence-electron chi connectivity index (χ4n) is 2.28. The Morgan fingerprint density at radius 1 is 1.14 bits per heavy atom. The minimum atomic E-state index is 0.536. The smallest absolute Gasteiger partial charge is 0.101 e. The van der Waals surface area contributed by atoms with Gasteiger partial charge in [-0.2, -0.15) is 5.26 Å². The Morgan fingerprint density at radius 3 is 2.67 bits per heavy atom. The summed E-state index contributed by atoms with van der Waals surface area (Å²) in [6.07, 6.45) is 11.7. The summed E-state index contributed by atoms with van der Waals surface area (Å²) in [5.41, 5.74) is 10.8. The summed E-state index contributed by atoms with van der Waals surface area (Å²) in [5, 5.41) is 8.79. The molecule has 3 rings (SSSR count). The molecule has 1 aliphatic carbocycles. The maximum atomic E-state index is 8.79. The van der Waals surface area contributed by atoms with Crippen molar-refractivity contribution in [3.63, 3.8) is 0 Å². The highest BCUT2D eigenvalue weighted by Gasteiger charge is 2.09. The van der Waals surface area contributed by atoms with Crippen molar-refractivity contribution in [3.05, 3.63) is 60.1 Å². The van der Waals surface area contributed by atoms with Gasteiger partial charge in [-0.25, -0.2) is 0 Å². The Hall–Kier alpha value is -2.93. The van der Waals surface area contributed by atoms with Crippen molar-refractivity contribution in [3.8, 4) is 17.3 Å². The van der Waals surface area contributed by atoms with Crippen molar-refractivity contribution in [1.82, 2.24) is 9.97 Å². The highest BCUT2D eigenvalue weighted by Crippen LogP contribution is 2.27. The molecule has 1 aliphatic rings. The number of nitrogen functional groups attached to an aromatic ring is 1. The Balaban J connectivity index is 1.95. The number of hydrogen-bond acceptors (Lipinski definition) is 4. The molecule has 0 fully saturated rings. The zero-order valence-electron chi connectivity index (χ0n) is 11.5. The largest absolute Gasteiger partial charge is 0.397 e. The molecule has 0 amide bonds. The number of aromatic nitrogens is 2. The molecular formula is C17H14N4. The Bertz CT molecular complexity index is 764. The van der Waals surface area contributed by atoms with Crippen molar-refractivity contribution in [2.24, 2.45) is 0 Å². The van der Waals surface area contributed by atoms with E-state index in [-0.39, 0.29) is 0 Å². The lowest BCUT2D eigenvalue weighted by Gasteiger charge is -2.10. The van der Waals surface area contributed by atoms with Gasteiger partial charge in [0.15, 0.2) is 0 Å². The molecule has 0 saturated heterocycles. The summed E-state index contributed by atoms with van der Waals surface area (Å²) in [6.45, 7) is 0. The van der Waals surface area contributed by atoms with Gasteiger partial charge in [-0.05, 0) is 36.6 Å². The van der Waals surface area contributed by atoms with E-state index in [1.54, 1.807) is 24.5 Å². The number of allylic oxidation sites excluding steroid dienone is 4. The molecular weight excluding hydrogens is 260 g/mol. The lowest BCUT2D eigenvalue weighted by atomic mass is 10.0. The molecule has 21 heavy (non-hydrogen) atoms. The van der Waals surface area contributed by atoms with Gasteiger partial charge in [0.05, 0.1) is 22.6 Å². The van der Waals surface area contributed by atoms with Gasteiger partial charge in [0.2, 0.25) is 0 Å². The van der Waals surface area contributed by atoms with Crippen molar-refractivity contribution in [2.75, 3.05) is 5.73 Å². The van der Waals surface area contributed by atoms with Crippen LogP contribution in [0.1, 0.15) is 24.1 Å². The van der Waals surface area contributed by atoms with Crippen LogP contribution in [-0.2, 0) is 0 Å². The number of nitrogens with two attached hydrogens (primary N) is 1. The number of anilines is 1. The molecule has 2 heterocycles. The van der Waals surface area contributed by atoms with E-state index in [9.17, 15) is 0 Å². The predicted octanol–water partition coefficient (Wildman–Crippen LogP) is 3.33. The third-order valence-electron chi connectivity index (χ3n) is 3.37. The summed E-state index contributed by atoms with van der Waals surface area (Å²) in [7, 11) is 0. The first-order valence-corrected chi connectivity index (χ1v) is 6.77. The van der Waals surface area contributed by atoms with Crippen LogP contribution < -0.4 is 5.73 Å². The van der Waals surface area contributed by atoms with Gasteiger partial charge in [0.1, 0.15) is 6.07 Å². The lowest BCUT2D eigenvalue weighted by Crippen LogP contribution is -1.99. The van der Waals surface area contributed by atoms with Crippen LogP contribution in [0.5, 0.6) is 0 Å². The molecule has 0 radical (unpaired) electrons. The van der Waals surface area contributed by atoms with Crippen LogP contribution in [0.15, 0.2) is 48.8 Å². The van der Waals surface area contributed by atoms with Gasteiger partial charge in [0.25, 0.3) is 0 Å². The average Bonchev–Trinajstić information content (AvgIpc) is 2.55. The second kappa shape index (κ2) is 5.59. The molecule has 0 bridgehead atoms. The van der Waals surface area contributed by atoms with Gasteiger partial charge < -0.3 is 5.73 Å². The third kappa shape index (κ3) is 2.67. The molecule has 0 spiro atoms. The minimum absolute atomic E-state index is 0.536. The second-order valence-electron chi connectivity index (χ2n) is 4.84. The standard InChI is InChI=1S/C17H14N4/c18-9-12-6-7-16(20-10-12)14-8-15(19)17(21-11-14)13-4-2-1-3-5-13/h2,4-8,10-11H,1,3,19H2. The fourth-order valence-corrected chi connectivity index (χ4v) is 2.28. The highest BCUT2D eigenvalue weighted by atomic mass is 14.8. The fraction of sp³-hybridized carbons (Fsp3) is 0.118. The minimum Gasteiger partial charge on any atom is -0.397 e. The van der Waals surface area contributed by atoms with Crippen LogP contribution in [0.4, 0.5) is 5.69 Å². The van der Waals surface area contributed by atoms with Crippen molar-refractivity contribution < 1.29 is 0 Å². The van der Waals surface area contributed by atoms with Crippen LogP contribution in [0.3, 0.4) is 0 Å². The molecule has 0 aromatic carbocycles. The van der Waals surface area contributed by atoms with Crippen LogP contribution in [0.2, 0.25) is 0 Å². The molecule has 0 aliphatic heterocycles. The average molecular weight is 274 g/mol. The van der Waals surface area contributed by atoms with E-state index in [2.05, 4.69) is 34.3 Å². The molecule has 2 aromatic rings. The lowest BCUT2D eigenvalue weighted by molar-refractivity contribution is 1.04. The maximum absolute atomic E-state index is 8.79. The Labute approximate surface area is 123 Å². The monoisotopic (exact) mass is 274 g/mol. The van der Waals surface area contributed by atoms with Crippen molar-refractivity contribution >= 4 is 11.3 Å². The molecule has 0 unspecified atom stereocenters. The van der Waals surface area contributed by atoms with E-state index in [0.29, 0.717) is 11.3 Å². The molecule has 4 nitrogen and oxygen atoms in total. The normalized spacial score (nSPS) is 13.6. The van der Waals surface area contributed by atoms with Gasteiger partial charge in [0, 0.05) is 18.0 Å². The first-order valence-electron chi connectivity index (χ1n) is 6.77. The van der Waals surface area contributed by atoms with E-state index >= 15 is 0 Å². The molecule has 4 heteroatoms. The summed E-state index contributed by atoms with van der Waals surface area (Å²) in [4.78, 5) is 8.73. The van der Waals surface area contributed by atoms with E-state index in [4.69, 9.17) is 11.0 Å². The van der Waals surface area contributed by atoms with Crippen LogP contribution >= 0.6 is 0 Å². The predicted molar refractivity (Wildman–Crippen MR) is 82.9 cm³/mol. The van der Waals surface area contributed by atoms with Crippen molar-refractivity contribution in [1.29, 1.82) is 5.26 Å². The summed E-state index contributed by atoms with van der Waals surface area (Å²) in [6, 6.07) is 7.46. The zero-order valence-corrected chi connectivity index (χ0v) is 11.5. The zero-order chi connectivity index (χ0) is 14.7. The van der Waals surface area contributed by atoms with Gasteiger partial charge >= 0.3 is 0 Å². The van der Waals surface area contributed by atoms with E-state index in [1.165, 1.54) is 0 Å². The number of nitriles is 1. The van der Waals surface area contributed by atoms with Crippen LogP contribution in [0, 0.1) is 11.3 Å². The summed E-state index contributed by atoms with van der Waals surface area (Å²) < 4.78 is 0. The molecule has 2 aromatic heterocycles. The third-order valence-corrected chi connectivity index (χ3v) is 3.37. The second-order valence-corrected chi connectivity index (χ2v) is 4.84. The number of nitrogens with zero attached hydrogens (tertiary/aromatic N) is 3. The highest BCUT2D eigenvalue weighted by molar-refractivity contribution is 5.81. The number of rotatable bonds is 2. The Kier molecular flexibility index (Phi) is 3.48. The SMILES string of the molecule is N#Cc1ccc(-c2cnc(C3=CCCC=C3)c(N)c2)nc1. The molecule has 102 valence electrons. The molecule has 0 atom stereocenters. The van der Waals surface area contributed by atoms with Crippen LogP contribution in [0.25, 0.3) is 16.8 Å². The molecule has 2 N–H and O–H groups in total. The van der Waals surface area contributed by atoms with Gasteiger partial charge in [-0.1, -0.05) is 18.2 Å². The van der Waals surface area contributed by atoms with Crippen molar-refractivity contribution in [2.45, 2.75) is 12.8 Å². The Morgan fingerprint density at radius 2 is 2.05 bits per heavy atom. The summed E-state index contributed by atoms with van der Waals surface area (Å²) >= 11 is 0. The van der Waals surface area contributed by atoms with Gasteiger partial charge in [-0.3, -0.25) is 9.97 Å². The van der Waals surface area contributed by atoms with E-state index < -0.39 is 0 Å². The molecule has 0 saturated carbocycles. The number of pyridine rings is 2. The first kappa shape index (κ1) is 13.1. The van der Waals surface area contributed by atoms with E-state index in [0.717, 1.165) is 35.4 Å². The maximum Gasteiger partial charge on any atom is 0.101 e. The van der Waals surface area contributed by atoms with E-state index in [1.807, 2.05) is 6.07 Å². The number of hydrogen-bond donors (Lipinski definition) is 1. The topological polar surface area (TPSA) is 75.6 Å². The quantitative estimate of drug-likeness (QED) is 0.911. The first-order chi connectivity index (χ1) is 10.3.